The Balaban J connectivity index is 2.03. The zero-order valence-electron chi connectivity index (χ0n) is 17.9. The van der Waals surface area contributed by atoms with Gasteiger partial charge in [-0.05, 0) is 59.0 Å². The summed E-state index contributed by atoms with van der Waals surface area (Å²) in [5.41, 5.74) is -1.00. The summed E-state index contributed by atoms with van der Waals surface area (Å²) in [7, 11) is 1.33. The molecular weight excluding hydrogens is 372 g/mol. The van der Waals surface area contributed by atoms with Gasteiger partial charge in [-0.1, -0.05) is 23.8 Å². The van der Waals surface area contributed by atoms with Crippen molar-refractivity contribution in [3.05, 3.63) is 35.5 Å². The van der Waals surface area contributed by atoms with Gasteiger partial charge in [-0.15, -0.1) is 0 Å². The van der Waals surface area contributed by atoms with Crippen molar-refractivity contribution in [2.24, 2.45) is 11.3 Å². The van der Waals surface area contributed by atoms with E-state index in [2.05, 4.69) is 6.08 Å². The Bertz CT molecular complexity index is 821. The molecule has 3 rings (SSSR count). The molecule has 1 heterocycles. The smallest absolute Gasteiger partial charge is 0.333 e. The van der Waals surface area contributed by atoms with Crippen LogP contribution in [0.1, 0.15) is 59.8 Å². The highest BCUT2D eigenvalue weighted by atomic mass is 16.6. The quantitative estimate of drug-likeness (QED) is 0.234. The molecule has 2 bridgehead atoms. The molecule has 2 fully saturated rings. The molecule has 2 aliphatic carbocycles. The van der Waals surface area contributed by atoms with E-state index >= 15 is 0 Å². The molecule has 1 saturated heterocycles. The number of methoxy groups -OCH3 is 1. The molecule has 6 heteroatoms. The predicted molar refractivity (Wildman–Crippen MR) is 107 cm³/mol. The van der Waals surface area contributed by atoms with Crippen molar-refractivity contribution in [3.8, 4) is 0 Å². The van der Waals surface area contributed by atoms with Crippen LogP contribution >= 0.6 is 0 Å². The molecule has 0 spiro atoms. The van der Waals surface area contributed by atoms with E-state index in [0.717, 1.165) is 12.8 Å². The van der Waals surface area contributed by atoms with Crippen molar-refractivity contribution in [2.75, 3.05) is 7.11 Å². The lowest BCUT2D eigenvalue weighted by Crippen LogP contribution is -2.65. The number of hydrogen-bond donors (Lipinski definition) is 0. The van der Waals surface area contributed by atoms with E-state index in [1.165, 1.54) is 19.6 Å². The summed E-state index contributed by atoms with van der Waals surface area (Å²) in [6.07, 6.45) is 10.5. The van der Waals surface area contributed by atoms with Gasteiger partial charge in [0.05, 0.1) is 7.11 Å². The minimum absolute atomic E-state index is 0.154. The molecule has 0 aromatic heterocycles. The second-order valence-electron chi connectivity index (χ2n) is 8.68. The topological polar surface area (TPSA) is 78.9 Å². The van der Waals surface area contributed by atoms with Gasteiger partial charge in [-0.2, -0.15) is 0 Å². The highest BCUT2D eigenvalue weighted by Gasteiger charge is 2.74. The molecule has 0 aromatic rings. The fourth-order valence-electron chi connectivity index (χ4n) is 5.41. The first-order chi connectivity index (χ1) is 13.6. The van der Waals surface area contributed by atoms with E-state index in [4.69, 9.17) is 14.2 Å². The van der Waals surface area contributed by atoms with Crippen LogP contribution in [-0.2, 0) is 28.6 Å². The van der Waals surface area contributed by atoms with E-state index in [9.17, 15) is 14.4 Å². The first-order valence-corrected chi connectivity index (χ1v) is 10.1. The van der Waals surface area contributed by atoms with Crippen LogP contribution in [0, 0.1) is 11.3 Å². The summed E-state index contributed by atoms with van der Waals surface area (Å²) in [6.45, 7) is 6.97. The highest BCUT2D eigenvalue weighted by molar-refractivity contribution is 5.88. The van der Waals surface area contributed by atoms with Gasteiger partial charge in [0.2, 0.25) is 0 Å². The zero-order valence-corrected chi connectivity index (χ0v) is 17.9. The molecule has 29 heavy (non-hydrogen) atoms. The molecule has 4 atom stereocenters. The summed E-state index contributed by atoms with van der Waals surface area (Å²) < 4.78 is 16.7. The van der Waals surface area contributed by atoms with Crippen LogP contribution in [0.5, 0.6) is 0 Å². The third kappa shape index (κ3) is 3.32. The average Bonchev–Trinajstić information content (AvgIpc) is 2.83. The van der Waals surface area contributed by atoms with Crippen molar-refractivity contribution in [1.29, 1.82) is 0 Å². The number of allylic oxidation sites excluding steroid dienone is 4. The van der Waals surface area contributed by atoms with Crippen molar-refractivity contribution < 1.29 is 28.6 Å². The maximum atomic E-state index is 13.4. The Hall–Kier alpha value is -2.37. The maximum absolute atomic E-state index is 13.4. The summed E-state index contributed by atoms with van der Waals surface area (Å²) in [4.78, 5) is 37.1. The number of ether oxygens (including phenoxy) is 3. The van der Waals surface area contributed by atoms with E-state index < -0.39 is 22.6 Å². The van der Waals surface area contributed by atoms with Crippen LogP contribution < -0.4 is 0 Å². The predicted octanol–water partition coefficient (Wildman–Crippen LogP) is 3.81. The number of hydrogen-bond acceptors (Lipinski definition) is 6. The van der Waals surface area contributed by atoms with Crippen molar-refractivity contribution >= 4 is 17.9 Å². The largest absolute Gasteiger partial charge is 0.466 e. The number of carbonyl (C=O) groups is 3. The lowest BCUT2D eigenvalue weighted by molar-refractivity contribution is -0.235. The van der Waals surface area contributed by atoms with Gasteiger partial charge in [0.25, 0.3) is 0 Å². The Morgan fingerprint density at radius 2 is 2.00 bits per heavy atom. The maximum Gasteiger partial charge on any atom is 0.333 e. The van der Waals surface area contributed by atoms with Crippen LogP contribution in [-0.4, -0.2) is 36.2 Å². The molecule has 0 unspecified atom stereocenters. The van der Waals surface area contributed by atoms with Crippen molar-refractivity contribution in [2.45, 2.75) is 71.0 Å². The molecule has 6 nitrogen and oxygen atoms in total. The fraction of sp³-hybridized carbons (Fsp3) is 0.609. The van der Waals surface area contributed by atoms with Crippen molar-refractivity contribution in [1.82, 2.24) is 0 Å². The molecular formula is C23H30O6. The van der Waals surface area contributed by atoms with E-state index in [1.807, 2.05) is 13.8 Å². The van der Waals surface area contributed by atoms with E-state index in [0.29, 0.717) is 24.8 Å². The van der Waals surface area contributed by atoms with Gasteiger partial charge in [-0.25, -0.2) is 4.79 Å². The number of carbonyl (C=O) groups excluding carboxylic acids is 3. The first kappa shape index (κ1) is 21.3. The molecule has 0 amide bonds. The molecule has 158 valence electrons. The lowest BCUT2D eigenvalue weighted by atomic mass is 9.62. The van der Waals surface area contributed by atoms with Gasteiger partial charge < -0.3 is 14.2 Å². The lowest BCUT2D eigenvalue weighted by Gasteiger charge is -2.54. The highest BCUT2D eigenvalue weighted by Crippen LogP contribution is 2.65. The minimum Gasteiger partial charge on any atom is -0.466 e. The van der Waals surface area contributed by atoms with Crippen LogP contribution in [0.25, 0.3) is 0 Å². The summed E-state index contributed by atoms with van der Waals surface area (Å²) in [5, 5.41) is 0. The monoisotopic (exact) mass is 402 g/mol. The Morgan fingerprint density at radius 3 is 2.66 bits per heavy atom. The van der Waals surface area contributed by atoms with Gasteiger partial charge in [-0.3, -0.25) is 9.59 Å². The van der Waals surface area contributed by atoms with Gasteiger partial charge >= 0.3 is 17.9 Å². The minimum atomic E-state index is -0.933. The number of rotatable bonds is 4. The van der Waals surface area contributed by atoms with E-state index in [-0.39, 0.29) is 17.9 Å². The van der Waals surface area contributed by atoms with Crippen molar-refractivity contribution in [3.63, 3.8) is 0 Å². The Kier molecular flexibility index (Phi) is 5.50. The third-order valence-corrected chi connectivity index (χ3v) is 6.92. The second-order valence-corrected chi connectivity index (χ2v) is 8.68. The zero-order chi connectivity index (χ0) is 21.4. The van der Waals surface area contributed by atoms with Crippen LogP contribution in [0.3, 0.4) is 0 Å². The van der Waals surface area contributed by atoms with E-state index in [1.54, 1.807) is 25.2 Å². The Morgan fingerprint density at radius 1 is 1.28 bits per heavy atom. The Labute approximate surface area is 172 Å². The third-order valence-electron chi connectivity index (χ3n) is 6.92. The normalized spacial score (nSPS) is 36.7. The first-order valence-electron chi connectivity index (χ1n) is 10.1. The van der Waals surface area contributed by atoms with Crippen LogP contribution in [0.15, 0.2) is 35.5 Å². The molecule has 0 N–H and O–H groups in total. The standard InChI is InChI=1S/C23H30O6/c1-15-8-12-22-13-10-18(23(22,14-9-15)28-17(3)24)21(4,29-20(22)26)11-6-7-16(2)19(25)27-5/h6-8,11,18H,9-10,12-14H2,1-5H3/b11-6?,16-7+/t18-,21+,22+,23-/m0/s1. The van der Waals surface area contributed by atoms with Gasteiger partial charge in [0.15, 0.2) is 0 Å². The summed E-state index contributed by atoms with van der Waals surface area (Å²) in [5.74, 6) is -1.25. The molecule has 0 aromatic carbocycles. The van der Waals surface area contributed by atoms with Gasteiger partial charge in [0.1, 0.15) is 16.6 Å². The summed E-state index contributed by atoms with van der Waals surface area (Å²) in [6, 6.07) is 0. The average molecular weight is 402 g/mol. The molecule has 3 aliphatic rings. The van der Waals surface area contributed by atoms with Gasteiger partial charge in [0, 0.05) is 18.4 Å². The van der Waals surface area contributed by atoms with Crippen LogP contribution in [0.2, 0.25) is 0 Å². The second kappa shape index (κ2) is 7.47. The molecule has 0 radical (unpaired) electrons. The molecule has 1 saturated carbocycles. The molecule has 1 aliphatic heterocycles. The number of esters is 3. The SMILES string of the molecule is COC(=O)/C(C)=C/C=C[C@@]1(C)OC(=O)[C@]23CC=C(C)CC[C@]2(OC(C)=O)[C@H]1CC3. The fourth-order valence-corrected chi connectivity index (χ4v) is 5.41. The van der Waals surface area contributed by atoms with Crippen LogP contribution in [0.4, 0.5) is 0 Å². The number of cyclic esters (lactones) is 1. The summed E-state index contributed by atoms with van der Waals surface area (Å²) >= 11 is 0.